The number of aromatic nitrogens is 4. The van der Waals surface area contributed by atoms with Gasteiger partial charge in [-0.05, 0) is 44.5 Å². The molecule has 0 aliphatic rings. The Hall–Kier alpha value is -3.88. The summed E-state index contributed by atoms with van der Waals surface area (Å²) in [6.45, 7) is 5.99. The summed E-state index contributed by atoms with van der Waals surface area (Å²) >= 11 is 1.59. The number of nitrogens with one attached hydrogen (secondary N) is 1. The zero-order valence-corrected chi connectivity index (χ0v) is 18.8. The van der Waals surface area contributed by atoms with E-state index in [0.29, 0.717) is 17.0 Å². The first-order valence-electron chi connectivity index (χ1n) is 9.67. The minimum Gasteiger partial charge on any atom is -0.363 e. The van der Waals surface area contributed by atoms with Crippen LogP contribution in [0.1, 0.15) is 33.2 Å². The largest absolute Gasteiger partial charge is 0.363 e. The average molecular weight is 428 g/mol. The van der Waals surface area contributed by atoms with E-state index in [4.69, 9.17) is 0 Å². The quantitative estimate of drug-likeness (QED) is 0.475. The smallest absolute Gasteiger partial charge is 0.149 e. The Labute approximate surface area is 184 Å². The Morgan fingerprint density at radius 1 is 1.19 bits per heavy atom. The van der Waals surface area contributed by atoms with Crippen LogP contribution in [0.4, 0.5) is 5.82 Å². The molecule has 0 spiro atoms. The van der Waals surface area contributed by atoms with Crippen LogP contribution in [-0.4, -0.2) is 33.6 Å². The molecule has 0 saturated carbocycles. The Bertz CT molecular complexity index is 1420. The maximum atomic E-state index is 9.83. The molecule has 0 saturated heterocycles. The average Bonchev–Trinajstić information content (AvgIpc) is 3.40. The minimum absolute atomic E-state index is 0.436. The monoisotopic (exact) mass is 427 g/mol. The summed E-state index contributed by atoms with van der Waals surface area (Å²) in [6, 6.07) is 10.4. The fourth-order valence-corrected chi connectivity index (χ4v) is 4.64. The number of rotatable bonds is 4. The predicted octanol–water partition coefficient (Wildman–Crippen LogP) is 4.74. The topological polar surface area (TPSA) is 97.3 Å². The van der Waals surface area contributed by atoms with E-state index < -0.39 is 0 Å². The van der Waals surface area contributed by atoms with Gasteiger partial charge in [-0.2, -0.15) is 10.5 Å². The predicted molar refractivity (Wildman–Crippen MR) is 124 cm³/mol. The number of thiophene rings is 1. The van der Waals surface area contributed by atoms with Gasteiger partial charge in [-0.1, -0.05) is 0 Å². The summed E-state index contributed by atoms with van der Waals surface area (Å²) in [7, 11) is 3.84. The molecule has 4 aromatic heterocycles. The zero-order valence-electron chi connectivity index (χ0n) is 18.0. The lowest BCUT2D eigenvalue weighted by atomic mass is 10.1. The molecule has 31 heavy (non-hydrogen) atoms. The van der Waals surface area contributed by atoms with Crippen molar-refractivity contribution in [3.05, 3.63) is 57.6 Å². The minimum atomic E-state index is 0.436. The number of H-pyrrole nitrogens is 1. The number of imidazole rings is 1. The Kier molecular flexibility index (Phi) is 5.10. The first-order chi connectivity index (χ1) is 14.8. The highest BCUT2D eigenvalue weighted by atomic mass is 32.1. The van der Waals surface area contributed by atoms with Crippen molar-refractivity contribution in [1.29, 1.82) is 10.5 Å². The summed E-state index contributed by atoms with van der Waals surface area (Å²) < 4.78 is 2.07. The van der Waals surface area contributed by atoms with Crippen LogP contribution in [0.25, 0.3) is 27.7 Å². The van der Waals surface area contributed by atoms with E-state index in [0.717, 1.165) is 43.7 Å². The first-order valence-corrected chi connectivity index (χ1v) is 10.5. The van der Waals surface area contributed by atoms with Gasteiger partial charge in [-0.25, -0.2) is 9.97 Å². The summed E-state index contributed by atoms with van der Waals surface area (Å²) in [6.07, 6.45) is 3.56. The number of hydrogen-bond acceptors (Lipinski definition) is 6. The van der Waals surface area contributed by atoms with Crippen molar-refractivity contribution in [2.24, 2.45) is 0 Å². The van der Waals surface area contributed by atoms with E-state index >= 15 is 0 Å². The van der Waals surface area contributed by atoms with Crippen molar-refractivity contribution >= 4 is 39.8 Å². The van der Waals surface area contributed by atoms with Gasteiger partial charge in [-0.15, -0.1) is 11.3 Å². The van der Waals surface area contributed by atoms with Crippen molar-refractivity contribution in [2.75, 3.05) is 19.0 Å². The molecule has 1 N–H and O–H groups in total. The van der Waals surface area contributed by atoms with Crippen LogP contribution >= 0.6 is 11.3 Å². The lowest BCUT2D eigenvalue weighted by Crippen LogP contribution is -2.09. The van der Waals surface area contributed by atoms with E-state index in [2.05, 4.69) is 31.7 Å². The van der Waals surface area contributed by atoms with Crippen molar-refractivity contribution in [1.82, 2.24) is 19.5 Å². The van der Waals surface area contributed by atoms with Gasteiger partial charge < -0.3 is 14.5 Å². The molecule has 0 amide bonds. The molecule has 0 bridgehead atoms. The fourth-order valence-electron chi connectivity index (χ4n) is 3.57. The van der Waals surface area contributed by atoms with Crippen molar-refractivity contribution in [3.63, 3.8) is 0 Å². The van der Waals surface area contributed by atoms with Gasteiger partial charge in [0.05, 0.1) is 28.4 Å². The van der Waals surface area contributed by atoms with Gasteiger partial charge in [-0.3, -0.25) is 0 Å². The van der Waals surface area contributed by atoms with Crippen LogP contribution in [0.3, 0.4) is 0 Å². The summed E-state index contributed by atoms with van der Waals surface area (Å²) in [4.78, 5) is 15.2. The standard InChI is InChI=1S/C23H21N7S/c1-13-6-16(15(3)30(13)23-18(11-25)7-14(2)31-23)8-17(10-24)22-27-19-9-21(29(4)5)26-12-20(19)28-22/h6-9,12H,1-5H3,(H,27,28)/b17-8+. The third-order valence-electron chi connectivity index (χ3n) is 5.12. The first kappa shape index (κ1) is 20.4. The number of nitriles is 2. The molecule has 0 fully saturated rings. The molecular formula is C23H21N7S. The second-order valence-corrected chi connectivity index (χ2v) is 8.79. The Morgan fingerprint density at radius 3 is 2.65 bits per heavy atom. The molecule has 0 atom stereocenters. The van der Waals surface area contributed by atoms with Gasteiger partial charge in [0.1, 0.15) is 28.8 Å². The molecule has 4 rings (SSSR count). The lowest BCUT2D eigenvalue weighted by Gasteiger charge is -2.09. The van der Waals surface area contributed by atoms with Gasteiger partial charge in [0.2, 0.25) is 0 Å². The molecule has 4 aromatic rings. The van der Waals surface area contributed by atoms with E-state index in [-0.39, 0.29) is 0 Å². The zero-order chi connectivity index (χ0) is 22.3. The highest BCUT2D eigenvalue weighted by Gasteiger charge is 2.17. The third kappa shape index (κ3) is 3.58. The third-order valence-corrected chi connectivity index (χ3v) is 6.15. The van der Waals surface area contributed by atoms with Crippen LogP contribution in [0.5, 0.6) is 0 Å². The lowest BCUT2D eigenvalue weighted by molar-refractivity contribution is 0.981. The molecule has 0 unspecified atom stereocenters. The molecule has 0 aliphatic heterocycles. The SMILES string of the molecule is Cc1cc(C#N)c(-n2c(C)cc(/C=C(\C#N)c3nc4cc(N(C)C)ncc4[nH]3)c2C)s1. The van der Waals surface area contributed by atoms with Crippen LogP contribution in [-0.2, 0) is 0 Å². The van der Waals surface area contributed by atoms with Crippen LogP contribution in [0, 0.1) is 43.4 Å². The van der Waals surface area contributed by atoms with E-state index in [9.17, 15) is 10.5 Å². The second-order valence-electron chi connectivity index (χ2n) is 7.56. The number of aromatic amines is 1. The van der Waals surface area contributed by atoms with Gasteiger partial charge in [0.25, 0.3) is 0 Å². The maximum absolute atomic E-state index is 9.83. The van der Waals surface area contributed by atoms with Gasteiger partial charge in [0.15, 0.2) is 0 Å². The van der Waals surface area contributed by atoms with Gasteiger partial charge >= 0.3 is 0 Å². The molecule has 0 aromatic carbocycles. The van der Waals surface area contributed by atoms with Crippen LogP contribution < -0.4 is 4.90 Å². The normalized spacial score (nSPS) is 11.5. The van der Waals surface area contributed by atoms with Crippen LogP contribution in [0.2, 0.25) is 0 Å². The maximum Gasteiger partial charge on any atom is 0.149 e. The molecule has 8 heteroatoms. The molecule has 154 valence electrons. The van der Waals surface area contributed by atoms with Gasteiger partial charge in [0, 0.05) is 36.4 Å². The molecule has 4 heterocycles. The molecule has 0 aliphatic carbocycles. The highest BCUT2D eigenvalue weighted by molar-refractivity contribution is 7.14. The van der Waals surface area contributed by atoms with Crippen molar-refractivity contribution in [3.8, 4) is 17.1 Å². The number of aryl methyl sites for hydroxylation is 2. The van der Waals surface area contributed by atoms with E-state index in [1.807, 2.05) is 64.0 Å². The number of nitrogens with zero attached hydrogens (tertiary/aromatic N) is 6. The Balaban J connectivity index is 1.80. The number of allylic oxidation sites excluding steroid dienone is 1. The van der Waals surface area contributed by atoms with Crippen molar-refractivity contribution in [2.45, 2.75) is 20.8 Å². The molecular weight excluding hydrogens is 406 g/mol. The number of fused-ring (bicyclic) bond motifs is 1. The van der Waals surface area contributed by atoms with E-state index in [1.165, 1.54) is 0 Å². The fraction of sp³-hybridized carbons (Fsp3) is 0.217. The number of hydrogen-bond donors (Lipinski definition) is 1. The highest BCUT2D eigenvalue weighted by Crippen LogP contribution is 2.31. The number of pyridine rings is 1. The molecule has 7 nitrogen and oxygen atoms in total. The molecule has 0 radical (unpaired) electrons. The van der Waals surface area contributed by atoms with Crippen LogP contribution in [0.15, 0.2) is 24.4 Å². The number of anilines is 1. The van der Waals surface area contributed by atoms with Crippen molar-refractivity contribution < 1.29 is 0 Å². The Morgan fingerprint density at radius 2 is 1.97 bits per heavy atom. The summed E-state index contributed by atoms with van der Waals surface area (Å²) in [5.74, 6) is 1.31. The second kappa shape index (κ2) is 7.75. The van der Waals surface area contributed by atoms with E-state index in [1.54, 1.807) is 17.5 Å². The summed E-state index contributed by atoms with van der Waals surface area (Å²) in [5.41, 5.74) is 5.51. The summed E-state index contributed by atoms with van der Waals surface area (Å²) in [5, 5.41) is 20.2.